The molecule has 0 saturated carbocycles. The van der Waals surface area contributed by atoms with Crippen molar-refractivity contribution in [2.45, 2.75) is 39.5 Å². The summed E-state index contributed by atoms with van der Waals surface area (Å²) in [7, 11) is 1.83. The van der Waals surface area contributed by atoms with Gasteiger partial charge in [0, 0.05) is 24.8 Å². The van der Waals surface area contributed by atoms with Crippen LogP contribution in [-0.2, 0) is 6.42 Å². The van der Waals surface area contributed by atoms with Gasteiger partial charge in [0.1, 0.15) is 5.82 Å². The van der Waals surface area contributed by atoms with Gasteiger partial charge in [-0.1, -0.05) is 26.7 Å². The SMILES string of the molecule is CCCCCN(C)C(=O)c1cc(CC)nc(NN)c1. The Balaban J connectivity index is 2.80. The molecule has 0 aliphatic rings. The monoisotopic (exact) mass is 264 g/mol. The molecule has 1 heterocycles. The maximum atomic E-state index is 12.3. The zero-order chi connectivity index (χ0) is 14.3. The van der Waals surface area contributed by atoms with E-state index in [2.05, 4.69) is 17.3 Å². The quantitative estimate of drug-likeness (QED) is 0.450. The predicted molar refractivity (Wildman–Crippen MR) is 77.9 cm³/mol. The number of unbranched alkanes of at least 4 members (excludes halogenated alkanes) is 2. The molecule has 1 amide bonds. The number of nitrogens with zero attached hydrogens (tertiary/aromatic N) is 2. The lowest BCUT2D eigenvalue weighted by molar-refractivity contribution is 0.0792. The molecule has 1 rings (SSSR count). The van der Waals surface area contributed by atoms with Crippen molar-refractivity contribution in [3.05, 3.63) is 23.4 Å². The minimum atomic E-state index is 0.0182. The summed E-state index contributed by atoms with van der Waals surface area (Å²) in [5.74, 6) is 5.93. The molecule has 0 spiro atoms. The summed E-state index contributed by atoms with van der Waals surface area (Å²) in [5, 5.41) is 0. The van der Waals surface area contributed by atoms with Gasteiger partial charge in [0.05, 0.1) is 0 Å². The van der Waals surface area contributed by atoms with Crippen molar-refractivity contribution in [3.63, 3.8) is 0 Å². The van der Waals surface area contributed by atoms with Gasteiger partial charge in [-0.05, 0) is 25.0 Å². The summed E-state index contributed by atoms with van der Waals surface area (Å²) in [6.07, 6.45) is 4.10. The number of rotatable bonds is 7. The third-order valence-corrected chi connectivity index (χ3v) is 3.08. The molecule has 0 fully saturated rings. The van der Waals surface area contributed by atoms with E-state index in [0.717, 1.165) is 37.9 Å². The second kappa shape index (κ2) is 7.74. The molecule has 0 aromatic carbocycles. The maximum absolute atomic E-state index is 12.3. The average molecular weight is 264 g/mol. The van der Waals surface area contributed by atoms with Gasteiger partial charge in [-0.25, -0.2) is 10.8 Å². The van der Waals surface area contributed by atoms with Gasteiger partial charge in [-0.15, -0.1) is 0 Å². The van der Waals surface area contributed by atoms with Crippen molar-refractivity contribution in [2.24, 2.45) is 5.84 Å². The van der Waals surface area contributed by atoms with Crippen LogP contribution in [-0.4, -0.2) is 29.4 Å². The molecule has 1 aromatic rings. The Bertz CT molecular complexity index is 398. The summed E-state index contributed by atoms with van der Waals surface area (Å²) >= 11 is 0. The Morgan fingerprint density at radius 3 is 2.68 bits per heavy atom. The van der Waals surface area contributed by atoms with Crippen LogP contribution >= 0.6 is 0 Å². The van der Waals surface area contributed by atoms with Gasteiger partial charge in [0.15, 0.2) is 0 Å². The van der Waals surface area contributed by atoms with Crippen molar-refractivity contribution in [1.82, 2.24) is 9.88 Å². The van der Waals surface area contributed by atoms with Gasteiger partial charge < -0.3 is 10.3 Å². The number of carbonyl (C=O) groups excluding carboxylic acids is 1. The third-order valence-electron chi connectivity index (χ3n) is 3.08. The number of hydrogen-bond acceptors (Lipinski definition) is 4. The number of nitrogens with one attached hydrogen (secondary N) is 1. The molecule has 0 unspecified atom stereocenters. The van der Waals surface area contributed by atoms with E-state index in [-0.39, 0.29) is 5.91 Å². The number of nitrogen functional groups attached to an aromatic ring is 1. The number of aromatic nitrogens is 1. The van der Waals surface area contributed by atoms with Crippen molar-refractivity contribution in [2.75, 3.05) is 19.0 Å². The minimum absolute atomic E-state index is 0.0182. The maximum Gasteiger partial charge on any atom is 0.253 e. The smallest absolute Gasteiger partial charge is 0.253 e. The molecule has 19 heavy (non-hydrogen) atoms. The first kappa shape index (κ1) is 15.4. The van der Waals surface area contributed by atoms with Crippen LogP contribution in [0.5, 0.6) is 0 Å². The third kappa shape index (κ3) is 4.52. The Morgan fingerprint density at radius 1 is 1.37 bits per heavy atom. The van der Waals surface area contributed by atoms with E-state index in [4.69, 9.17) is 5.84 Å². The number of pyridine rings is 1. The Hall–Kier alpha value is -1.62. The highest BCUT2D eigenvalue weighted by atomic mass is 16.2. The fourth-order valence-electron chi connectivity index (χ4n) is 1.89. The number of nitrogens with two attached hydrogens (primary N) is 1. The standard InChI is InChI=1S/C14H24N4O/c1-4-6-7-8-18(3)14(19)11-9-12(5-2)16-13(10-11)17-15/h9-10H,4-8,15H2,1-3H3,(H,16,17). The number of aryl methyl sites for hydroxylation is 1. The van der Waals surface area contributed by atoms with E-state index in [1.165, 1.54) is 0 Å². The average Bonchev–Trinajstić information content (AvgIpc) is 2.45. The highest BCUT2D eigenvalue weighted by Gasteiger charge is 2.13. The van der Waals surface area contributed by atoms with Gasteiger partial charge in [0.25, 0.3) is 5.91 Å². The number of hydrogen-bond donors (Lipinski definition) is 2. The van der Waals surface area contributed by atoms with Gasteiger partial charge in [0.2, 0.25) is 0 Å². The lowest BCUT2D eigenvalue weighted by Crippen LogP contribution is -2.28. The first-order valence-corrected chi connectivity index (χ1v) is 6.85. The number of carbonyl (C=O) groups is 1. The van der Waals surface area contributed by atoms with Crippen LogP contribution in [0.4, 0.5) is 5.82 Å². The second-order valence-corrected chi connectivity index (χ2v) is 4.66. The van der Waals surface area contributed by atoms with Crippen molar-refractivity contribution >= 4 is 11.7 Å². The Kier molecular flexibility index (Phi) is 6.29. The van der Waals surface area contributed by atoms with Crippen LogP contribution in [0.15, 0.2) is 12.1 Å². The predicted octanol–water partition coefficient (Wildman–Crippen LogP) is 2.19. The number of amides is 1. The first-order valence-electron chi connectivity index (χ1n) is 6.85. The molecule has 106 valence electrons. The minimum Gasteiger partial charge on any atom is -0.342 e. The van der Waals surface area contributed by atoms with E-state index >= 15 is 0 Å². The van der Waals surface area contributed by atoms with Crippen molar-refractivity contribution in [1.29, 1.82) is 0 Å². The van der Waals surface area contributed by atoms with Crippen LogP contribution in [0.1, 0.15) is 49.2 Å². The Morgan fingerprint density at radius 2 is 2.11 bits per heavy atom. The van der Waals surface area contributed by atoms with Gasteiger partial charge in [-0.2, -0.15) is 0 Å². The zero-order valence-corrected chi connectivity index (χ0v) is 12.1. The Labute approximate surface area is 115 Å². The zero-order valence-electron chi connectivity index (χ0n) is 12.1. The lowest BCUT2D eigenvalue weighted by atomic mass is 10.1. The van der Waals surface area contributed by atoms with E-state index in [1.54, 1.807) is 11.0 Å². The molecule has 0 saturated heterocycles. The van der Waals surface area contributed by atoms with E-state index in [9.17, 15) is 4.79 Å². The number of anilines is 1. The van der Waals surface area contributed by atoms with Crippen molar-refractivity contribution < 1.29 is 4.79 Å². The van der Waals surface area contributed by atoms with Gasteiger partial charge >= 0.3 is 0 Å². The lowest BCUT2D eigenvalue weighted by Gasteiger charge is -2.17. The molecule has 5 heteroatoms. The summed E-state index contributed by atoms with van der Waals surface area (Å²) in [4.78, 5) is 18.3. The van der Waals surface area contributed by atoms with Crippen molar-refractivity contribution in [3.8, 4) is 0 Å². The van der Waals surface area contributed by atoms with E-state index in [0.29, 0.717) is 11.4 Å². The largest absolute Gasteiger partial charge is 0.342 e. The molecular weight excluding hydrogens is 240 g/mol. The highest BCUT2D eigenvalue weighted by molar-refractivity contribution is 5.94. The van der Waals surface area contributed by atoms with Crippen LogP contribution in [0.3, 0.4) is 0 Å². The molecule has 3 N–H and O–H groups in total. The summed E-state index contributed by atoms with van der Waals surface area (Å²) in [6.45, 7) is 4.93. The van der Waals surface area contributed by atoms with E-state index in [1.807, 2.05) is 20.0 Å². The molecule has 5 nitrogen and oxygen atoms in total. The molecule has 0 aliphatic heterocycles. The van der Waals surface area contributed by atoms with Crippen LogP contribution in [0, 0.1) is 0 Å². The molecule has 0 atom stereocenters. The first-order chi connectivity index (χ1) is 9.12. The van der Waals surface area contributed by atoms with Crippen LogP contribution in [0.25, 0.3) is 0 Å². The van der Waals surface area contributed by atoms with Gasteiger partial charge in [-0.3, -0.25) is 4.79 Å². The second-order valence-electron chi connectivity index (χ2n) is 4.66. The molecular formula is C14H24N4O. The normalized spacial score (nSPS) is 10.3. The van der Waals surface area contributed by atoms with Crippen LogP contribution in [0.2, 0.25) is 0 Å². The molecule has 0 radical (unpaired) electrons. The van der Waals surface area contributed by atoms with Crippen LogP contribution < -0.4 is 11.3 Å². The fraction of sp³-hybridized carbons (Fsp3) is 0.571. The molecule has 0 aliphatic carbocycles. The summed E-state index contributed by atoms with van der Waals surface area (Å²) in [6, 6.07) is 3.53. The topological polar surface area (TPSA) is 71.2 Å². The fourth-order valence-corrected chi connectivity index (χ4v) is 1.89. The highest BCUT2D eigenvalue weighted by Crippen LogP contribution is 2.13. The molecule has 1 aromatic heterocycles. The summed E-state index contributed by atoms with van der Waals surface area (Å²) < 4.78 is 0. The summed E-state index contributed by atoms with van der Waals surface area (Å²) in [5.41, 5.74) is 4.01. The van der Waals surface area contributed by atoms with E-state index < -0.39 is 0 Å². The molecule has 0 bridgehead atoms. The number of hydrazine groups is 1.